The van der Waals surface area contributed by atoms with E-state index in [2.05, 4.69) is 44.7 Å². The van der Waals surface area contributed by atoms with E-state index in [4.69, 9.17) is 38.3 Å². The average molecular weight is 551 g/mol. The van der Waals surface area contributed by atoms with Crippen molar-refractivity contribution in [1.29, 1.82) is 0 Å². The van der Waals surface area contributed by atoms with Gasteiger partial charge in [-0.05, 0) is 51.3 Å². The van der Waals surface area contributed by atoms with Crippen molar-refractivity contribution >= 4 is 41.2 Å². The molecule has 1 heterocycles. The van der Waals surface area contributed by atoms with Crippen LogP contribution in [0.3, 0.4) is 0 Å². The molecule has 0 fully saturated rings. The van der Waals surface area contributed by atoms with Gasteiger partial charge in [0.1, 0.15) is 18.0 Å². The summed E-state index contributed by atoms with van der Waals surface area (Å²) in [6.07, 6.45) is 2.62. The molecule has 0 saturated carbocycles. The third kappa shape index (κ3) is 12.9. The first-order valence-corrected chi connectivity index (χ1v) is 12.6. The average Bonchev–Trinajstić information content (AvgIpc) is 2.83. The molecule has 2 rings (SSSR count). The number of aliphatic imine (C=N–C) groups is 1. The van der Waals surface area contributed by atoms with Crippen molar-refractivity contribution in [3.05, 3.63) is 40.7 Å². The molecule has 12 nitrogen and oxygen atoms in total. The monoisotopic (exact) mass is 550 g/mol. The lowest BCUT2D eigenvalue weighted by atomic mass is 10.1. The van der Waals surface area contributed by atoms with Crippen LogP contribution in [0.1, 0.15) is 63.5 Å². The highest BCUT2D eigenvalue weighted by Crippen LogP contribution is 2.17. The summed E-state index contributed by atoms with van der Waals surface area (Å²) in [7, 11) is 0. The number of benzene rings is 1. The Labute approximate surface area is 228 Å². The molecule has 0 aliphatic carbocycles. The first kappa shape index (κ1) is 32.2. The molecule has 0 radical (unpaired) electrons. The molecule has 13 heteroatoms. The zero-order valence-electron chi connectivity index (χ0n) is 22.6. The summed E-state index contributed by atoms with van der Waals surface area (Å²) in [5.41, 5.74) is 17.1. The van der Waals surface area contributed by atoms with Crippen molar-refractivity contribution in [1.82, 2.24) is 20.6 Å². The fourth-order valence-corrected chi connectivity index (χ4v) is 2.86. The summed E-state index contributed by atoms with van der Waals surface area (Å²) < 4.78 is 10.7. The van der Waals surface area contributed by atoms with E-state index < -0.39 is 17.6 Å². The molecular weight excluding hydrogens is 512 g/mol. The zero-order valence-corrected chi connectivity index (χ0v) is 23.4. The van der Waals surface area contributed by atoms with E-state index >= 15 is 0 Å². The molecule has 38 heavy (non-hydrogen) atoms. The van der Waals surface area contributed by atoms with Gasteiger partial charge in [-0.2, -0.15) is 0 Å². The Balaban J connectivity index is 0.000000382. The number of halogens is 1. The second-order valence-corrected chi connectivity index (χ2v) is 9.38. The van der Waals surface area contributed by atoms with Crippen LogP contribution in [0, 0.1) is 0 Å². The van der Waals surface area contributed by atoms with Crippen molar-refractivity contribution in [2.45, 2.75) is 59.5 Å². The molecule has 0 atom stereocenters. The van der Waals surface area contributed by atoms with E-state index in [1.807, 2.05) is 39.8 Å². The summed E-state index contributed by atoms with van der Waals surface area (Å²) in [6, 6.07) is 8.05. The smallest absolute Gasteiger partial charge is 0.407 e. The van der Waals surface area contributed by atoms with E-state index in [0.717, 1.165) is 25.0 Å². The van der Waals surface area contributed by atoms with Gasteiger partial charge in [-0.25, -0.2) is 14.8 Å². The number of ether oxygens (including phenoxy) is 2. The van der Waals surface area contributed by atoms with Gasteiger partial charge in [-0.15, -0.1) is 0 Å². The SMILES string of the molecule is CCCN=C(N)NC(=O)c1nc(Cl)c(N)nc1N.CCCc1ccc(OCCNC(=O)OC(C)(C)C)cc1. The second-order valence-electron chi connectivity index (χ2n) is 9.03. The number of alkyl carbamates (subject to hydrolysis) is 1. The van der Waals surface area contributed by atoms with Crippen LogP contribution in [-0.4, -0.2) is 53.2 Å². The number of aromatic nitrogens is 2. The summed E-state index contributed by atoms with van der Waals surface area (Å²) >= 11 is 5.65. The third-order valence-corrected chi connectivity index (χ3v) is 4.65. The van der Waals surface area contributed by atoms with Gasteiger partial charge < -0.3 is 32.0 Å². The predicted molar refractivity (Wildman–Crippen MR) is 150 cm³/mol. The highest BCUT2D eigenvalue weighted by atomic mass is 35.5. The van der Waals surface area contributed by atoms with Gasteiger partial charge in [-0.1, -0.05) is 44.0 Å². The lowest BCUT2D eigenvalue weighted by Gasteiger charge is -2.19. The molecule has 210 valence electrons. The maximum Gasteiger partial charge on any atom is 0.407 e. The maximum absolute atomic E-state index is 11.7. The molecule has 0 spiro atoms. The van der Waals surface area contributed by atoms with Gasteiger partial charge in [0, 0.05) is 6.54 Å². The summed E-state index contributed by atoms with van der Waals surface area (Å²) in [5, 5.41) is 4.88. The maximum atomic E-state index is 11.7. The Bertz CT molecular complexity index is 1070. The van der Waals surface area contributed by atoms with E-state index in [0.29, 0.717) is 19.7 Å². The van der Waals surface area contributed by atoms with Crippen LogP contribution in [0.2, 0.25) is 5.15 Å². The number of hydrogen-bond donors (Lipinski definition) is 5. The summed E-state index contributed by atoms with van der Waals surface area (Å²) in [5.74, 6) is -0.0119. The number of nitrogens with one attached hydrogen (secondary N) is 2. The van der Waals surface area contributed by atoms with Gasteiger partial charge in [0.15, 0.2) is 28.4 Å². The van der Waals surface area contributed by atoms with Crippen molar-refractivity contribution in [3.8, 4) is 5.75 Å². The second kappa shape index (κ2) is 16.1. The Morgan fingerprint density at radius 1 is 1.05 bits per heavy atom. The number of anilines is 2. The lowest BCUT2D eigenvalue weighted by Crippen LogP contribution is -2.38. The minimum Gasteiger partial charge on any atom is -0.492 e. The molecule has 0 bridgehead atoms. The van der Waals surface area contributed by atoms with Crippen LogP contribution in [0.25, 0.3) is 0 Å². The first-order chi connectivity index (χ1) is 17.9. The van der Waals surface area contributed by atoms with Crippen LogP contribution in [0.4, 0.5) is 16.4 Å². The molecule has 2 aromatic rings. The highest BCUT2D eigenvalue weighted by molar-refractivity contribution is 6.31. The molecule has 8 N–H and O–H groups in total. The normalized spacial score (nSPS) is 11.2. The van der Waals surface area contributed by atoms with Crippen LogP contribution in [-0.2, 0) is 11.2 Å². The van der Waals surface area contributed by atoms with Gasteiger partial charge in [0.05, 0.1) is 6.54 Å². The molecule has 0 aliphatic heterocycles. The van der Waals surface area contributed by atoms with Crippen molar-refractivity contribution in [2.75, 3.05) is 31.2 Å². The summed E-state index contributed by atoms with van der Waals surface area (Å²) in [6.45, 7) is 10.9. The zero-order chi connectivity index (χ0) is 28.7. The molecule has 0 aliphatic rings. The number of rotatable bonds is 9. The van der Waals surface area contributed by atoms with Gasteiger partial charge in [-0.3, -0.25) is 15.1 Å². The quantitative estimate of drug-likeness (QED) is 0.177. The molecule has 0 unspecified atom stereocenters. The van der Waals surface area contributed by atoms with Crippen LogP contribution in [0.5, 0.6) is 5.75 Å². The Kier molecular flexibility index (Phi) is 13.7. The van der Waals surface area contributed by atoms with Crippen LogP contribution in [0.15, 0.2) is 29.3 Å². The Morgan fingerprint density at radius 2 is 1.71 bits per heavy atom. The van der Waals surface area contributed by atoms with E-state index in [1.165, 1.54) is 5.56 Å². The molecule has 2 amide bonds. The fraction of sp³-hybridized carbons (Fsp3) is 0.480. The van der Waals surface area contributed by atoms with E-state index in [1.54, 1.807) is 0 Å². The number of nitrogen functional groups attached to an aromatic ring is 2. The number of nitrogens with two attached hydrogens (primary N) is 3. The van der Waals surface area contributed by atoms with Crippen LogP contribution < -0.4 is 32.6 Å². The number of aryl methyl sites for hydroxylation is 1. The fourth-order valence-electron chi connectivity index (χ4n) is 2.73. The van der Waals surface area contributed by atoms with Crippen molar-refractivity contribution in [2.24, 2.45) is 10.7 Å². The number of carbonyl (C=O) groups excluding carboxylic acids is 2. The van der Waals surface area contributed by atoms with Gasteiger partial charge in [0.25, 0.3) is 5.91 Å². The molecule has 1 aromatic carbocycles. The topological polar surface area (TPSA) is 193 Å². The van der Waals surface area contributed by atoms with Gasteiger partial charge in [0.2, 0.25) is 0 Å². The van der Waals surface area contributed by atoms with E-state index in [9.17, 15) is 9.59 Å². The largest absolute Gasteiger partial charge is 0.492 e. The highest BCUT2D eigenvalue weighted by Gasteiger charge is 2.17. The number of hydrogen-bond acceptors (Lipinski definition) is 9. The number of guanidine groups is 1. The minimum absolute atomic E-state index is 0.0176. The third-order valence-electron chi connectivity index (χ3n) is 4.37. The van der Waals surface area contributed by atoms with E-state index in [-0.39, 0.29) is 28.4 Å². The molecule has 0 saturated heterocycles. The molecule has 1 aromatic heterocycles. The number of carbonyl (C=O) groups is 2. The number of nitrogens with zero attached hydrogens (tertiary/aromatic N) is 3. The van der Waals surface area contributed by atoms with Crippen LogP contribution >= 0.6 is 11.6 Å². The lowest BCUT2D eigenvalue weighted by molar-refractivity contribution is 0.0520. The summed E-state index contributed by atoms with van der Waals surface area (Å²) in [4.78, 5) is 34.5. The number of amides is 2. The van der Waals surface area contributed by atoms with Crippen molar-refractivity contribution in [3.63, 3.8) is 0 Å². The Morgan fingerprint density at radius 3 is 2.29 bits per heavy atom. The van der Waals surface area contributed by atoms with Crippen molar-refractivity contribution < 1.29 is 19.1 Å². The minimum atomic E-state index is -0.640. The molecular formula is C25H39ClN8O4. The Hall–Kier alpha value is -3.80. The van der Waals surface area contributed by atoms with Gasteiger partial charge >= 0.3 is 6.09 Å². The predicted octanol–water partition coefficient (Wildman–Crippen LogP) is 3.29. The first-order valence-electron chi connectivity index (χ1n) is 12.2. The standard InChI is InChI=1S/C16H25NO3.C9H14ClN7O/c1-5-6-13-7-9-14(10-8-13)19-12-11-17-15(18)20-16(2,3)4;1-2-3-14-9(13)17-8(18)4-6(11)16-7(12)5(10)15-4/h7-10H,5-6,11-12H2,1-4H3,(H,17,18);2-3H2,1H3,(H4,11,12,16)(H3,13,14,17,18).